The van der Waals surface area contributed by atoms with Crippen LogP contribution in [-0.2, 0) is 9.53 Å². The number of thiocarbonyl (C=S) groups is 1. The number of hydrogen-bond acceptors (Lipinski definition) is 8. The fraction of sp³-hybridized carbons (Fsp3) is 0.316. The Bertz CT molecular complexity index is 813. The predicted molar refractivity (Wildman–Crippen MR) is 106 cm³/mol. The molecule has 0 radical (unpaired) electrons. The number of aromatic hydroxyl groups is 1. The van der Waals surface area contributed by atoms with Gasteiger partial charge in [-0.1, -0.05) is 12.2 Å². The van der Waals surface area contributed by atoms with Gasteiger partial charge in [0.15, 0.2) is 11.5 Å². The van der Waals surface area contributed by atoms with Gasteiger partial charge in [-0.15, -0.1) is 0 Å². The molecule has 28 heavy (non-hydrogen) atoms. The molecule has 0 saturated heterocycles. The number of carbonyl (C=O) groups is 1. The molecule has 2 rings (SSSR count). The molecule has 1 heterocycles. The Balaban J connectivity index is 1.76. The SMILES string of the molecule is COc1ccc(OC(C)COC(=O)CNC(=S)c2nccc(OC)c2O)cc1. The van der Waals surface area contributed by atoms with Crippen molar-refractivity contribution in [1.29, 1.82) is 0 Å². The molecule has 1 aromatic carbocycles. The second-order valence-electron chi connectivity index (χ2n) is 5.68. The van der Waals surface area contributed by atoms with Crippen LogP contribution < -0.4 is 19.5 Å². The van der Waals surface area contributed by atoms with E-state index in [0.717, 1.165) is 5.75 Å². The molecule has 1 aromatic heterocycles. The van der Waals surface area contributed by atoms with Gasteiger partial charge in [0, 0.05) is 12.3 Å². The van der Waals surface area contributed by atoms with Gasteiger partial charge in [-0.25, -0.2) is 4.98 Å². The van der Waals surface area contributed by atoms with Crippen molar-refractivity contribution in [2.75, 3.05) is 27.4 Å². The van der Waals surface area contributed by atoms with E-state index >= 15 is 0 Å². The van der Waals surface area contributed by atoms with Crippen molar-refractivity contribution < 1.29 is 28.8 Å². The first kappa shape index (κ1) is 21.2. The Morgan fingerprint density at radius 2 is 1.86 bits per heavy atom. The van der Waals surface area contributed by atoms with Gasteiger partial charge < -0.3 is 29.4 Å². The standard InChI is InChI=1S/C19H22N2O6S/c1-12(27-14-6-4-13(24-2)5-7-14)11-26-16(22)10-21-19(28)17-18(23)15(25-3)8-9-20-17/h4-9,12,23H,10-11H2,1-3H3,(H,21,28). The van der Waals surface area contributed by atoms with Crippen LogP contribution in [0.5, 0.6) is 23.0 Å². The molecule has 0 amide bonds. The maximum Gasteiger partial charge on any atom is 0.325 e. The highest BCUT2D eigenvalue weighted by molar-refractivity contribution is 7.80. The highest BCUT2D eigenvalue weighted by Crippen LogP contribution is 2.27. The minimum absolute atomic E-state index is 0.0714. The number of benzene rings is 1. The molecule has 1 atom stereocenters. The third-order valence-corrected chi connectivity index (χ3v) is 3.93. The Hall–Kier alpha value is -3.07. The number of pyridine rings is 1. The van der Waals surface area contributed by atoms with E-state index in [-0.39, 0.29) is 41.4 Å². The number of methoxy groups -OCH3 is 2. The van der Waals surface area contributed by atoms with Gasteiger partial charge >= 0.3 is 5.97 Å². The van der Waals surface area contributed by atoms with Crippen LogP contribution in [0.2, 0.25) is 0 Å². The average molecular weight is 406 g/mol. The number of rotatable bonds is 9. The Labute approximate surface area is 168 Å². The van der Waals surface area contributed by atoms with Crippen molar-refractivity contribution in [2.45, 2.75) is 13.0 Å². The summed E-state index contributed by atoms with van der Waals surface area (Å²) in [7, 11) is 3.01. The topological polar surface area (TPSA) is 99.1 Å². The van der Waals surface area contributed by atoms with Gasteiger partial charge in [-0.05, 0) is 31.2 Å². The summed E-state index contributed by atoms with van der Waals surface area (Å²) in [4.78, 5) is 16.0. The van der Waals surface area contributed by atoms with Gasteiger partial charge in [0.1, 0.15) is 41.4 Å². The number of esters is 1. The normalized spacial score (nSPS) is 11.2. The number of hydrogen-bond donors (Lipinski definition) is 2. The van der Waals surface area contributed by atoms with Crippen molar-refractivity contribution in [3.05, 3.63) is 42.2 Å². The van der Waals surface area contributed by atoms with Crippen LogP contribution in [0.15, 0.2) is 36.5 Å². The average Bonchev–Trinajstić information content (AvgIpc) is 2.71. The first-order valence-corrected chi connectivity index (χ1v) is 8.82. The van der Waals surface area contributed by atoms with Crippen LogP contribution in [-0.4, -0.2) is 54.5 Å². The molecule has 0 spiro atoms. The molecule has 0 aliphatic carbocycles. The summed E-state index contributed by atoms with van der Waals surface area (Å²) < 4.78 is 20.9. The monoisotopic (exact) mass is 406 g/mol. The molecule has 8 nitrogen and oxygen atoms in total. The first-order valence-electron chi connectivity index (χ1n) is 8.41. The smallest absolute Gasteiger partial charge is 0.325 e. The number of carbonyl (C=O) groups excluding carboxylic acids is 1. The Kier molecular flexibility index (Phi) is 7.82. The quantitative estimate of drug-likeness (QED) is 0.479. The van der Waals surface area contributed by atoms with E-state index in [0.29, 0.717) is 5.75 Å². The lowest BCUT2D eigenvalue weighted by atomic mass is 10.3. The second kappa shape index (κ2) is 10.3. The van der Waals surface area contributed by atoms with E-state index in [1.807, 2.05) is 0 Å². The van der Waals surface area contributed by atoms with E-state index < -0.39 is 5.97 Å². The second-order valence-corrected chi connectivity index (χ2v) is 6.09. The zero-order chi connectivity index (χ0) is 20.5. The van der Waals surface area contributed by atoms with E-state index in [1.54, 1.807) is 38.3 Å². The van der Waals surface area contributed by atoms with Crippen molar-refractivity contribution in [2.24, 2.45) is 0 Å². The molecular formula is C19H22N2O6S. The fourth-order valence-corrected chi connectivity index (χ4v) is 2.41. The van der Waals surface area contributed by atoms with Crippen LogP contribution >= 0.6 is 12.2 Å². The van der Waals surface area contributed by atoms with Gasteiger partial charge in [-0.3, -0.25) is 4.79 Å². The Morgan fingerprint density at radius 3 is 2.50 bits per heavy atom. The highest BCUT2D eigenvalue weighted by Gasteiger charge is 2.15. The van der Waals surface area contributed by atoms with Gasteiger partial charge in [0.2, 0.25) is 0 Å². The molecule has 0 bridgehead atoms. The van der Waals surface area contributed by atoms with Crippen LogP contribution in [0.25, 0.3) is 0 Å². The number of nitrogens with one attached hydrogen (secondary N) is 1. The van der Waals surface area contributed by atoms with E-state index in [1.165, 1.54) is 19.4 Å². The van der Waals surface area contributed by atoms with Gasteiger partial charge in [0.05, 0.1) is 14.2 Å². The zero-order valence-electron chi connectivity index (χ0n) is 15.8. The Morgan fingerprint density at radius 1 is 1.18 bits per heavy atom. The minimum Gasteiger partial charge on any atom is -0.503 e. The lowest BCUT2D eigenvalue weighted by Gasteiger charge is -2.15. The molecule has 2 N–H and O–H groups in total. The summed E-state index contributed by atoms with van der Waals surface area (Å²) >= 11 is 5.15. The first-order chi connectivity index (χ1) is 13.4. The van der Waals surface area contributed by atoms with Gasteiger partial charge in [0.25, 0.3) is 0 Å². The van der Waals surface area contributed by atoms with E-state index in [4.69, 9.17) is 31.2 Å². The summed E-state index contributed by atoms with van der Waals surface area (Å²) in [6, 6.07) is 8.59. The molecular weight excluding hydrogens is 384 g/mol. The molecule has 0 aliphatic heterocycles. The maximum atomic E-state index is 11.9. The highest BCUT2D eigenvalue weighted by atomic mass is 32.1. The van der Waals surface area contributed by atoms with Crippen LogP contribution in [0.3, 0.4) is 0 Å². The third kappa shape index (κ3) is 5.98. The molecule has 1 unspecified atom stereocenters. The number of nitrogens with zero attached hydrogens (tertiary/aromatic N) is 1. The summed E-state index contributed by atoms with van der Waals surface area (Å²) in [6.07, 6.45) is 1.10. The van der Waals surface area contributed by atoms with E-state index in [2.05, 4.69) is 10.3 Å². The summed E-state index contributed by atoms with van der Waals surface area (Å²) in [5, 5.41) is 12.7. The summed E-state index contributed by atoms with van der Waals surface area (Å²) in [6.45, 7) is 1.68. The van der Waals surface area contributed by atoms with Crippen molar-refractivity contribution in [1.82, 2.24) is 10.3 Å². The summed E-state index contributed by atoms with van der Waals surface area (Å²) in [5.74, 6) is 0.891. The molecule has 0 fully saturated rings. The maximum absolute atomic E-state index is 11.9. The van der Waals surface area contributed by atoms with E-state index in [9.17, 15) is 9.90 Å². The molecule has 0 aliphatic rings. The summed E-state index contributed by atoms with van der Waals surface area (Å²) in [5.41, 5.74) is 0.123. The van der Waals surface area contributed by atoms with Crippen molar-refractivity contribution in [3.8, 4) is 23.0 Å². The zero-order valence-corrected chi connectivity index (χ0v) is 16.6. The fourth-order valence-electron chi connectivity index (χ4n) is 2.19. The largest absolute Gasteiger partial charge is 0.503 e. The van der Waals surface area contributed by atoms with Crippen molar-refractivity contribution in [3.63, 3.8) is 0 Å². The van der Waals surface area contributed by atoms with Crippen LogP contribution in [0.4, 0.5) is 0 Å². The predicted octanol–water partition coefficient (Wildman–Crippen LogP) is 2.08. The molecule has 9 heteroatoms. The number of ether oxygens (including phenoxy) is 4. The van der Waals surface area contributed by atoms with Gasteiger partial charge in [-0.2, -0.15) is 0 Å². The lowest BCUT2D eigenvalue weighted by Crippen LogP contribution is -2.32. The third-order valence-electron chi connectivity index (χ3n) is 3.59. The van der Waals surface area contributed by atoms with Crippen LogP contribution in [0.1, 0.15) is 12.6 Å². The minimum atomic E-state index is -0.519. The molecule has 150 valence electrons. The van der Waals surface area contributed by atoms with Crippen LogP contribution in [0, 0.1) is 0 Å². The lowest BCUT2D eigenvalue weighted by molar-refractivity contribution is -0.144. The molecule has 2 aromatic rings. The molecule has 0 saturated carbocycles. The number of aromatic nitrogens is 1. The van der Waals surface area contributed by atoms with Crippen molar-refractivity contribution >= 4 is 23.2 Å².